The van der Waals surface area contributed by atoms with Crippen molar-refractivity contribution < 1.29 is 4.79 Å². The third-order valence-electron chi connectivity index (χ3n) is 1.68. The summed E-state index contributed by atoms with van der Waals surface area (Å²) >= 11 is 3.25. The van der Waals surface area contributed by atoms with E-state index < -0.39 is 0 Å². The first-order chi connectivity index (χ1) is 6.66. The quantitative estimate of drug-likeness (QED) is 0.749. The molecule has 0 atom stereocenters. The zero-order valence-electron chi connectivity index (χ0n) is 7.70. The molecule has 0 spiro atoms. The summed E-state index contributed by atoms with van der Waals surface area (Å²) in [6.07, 6.45) is 8.27. The maximum Gasteiger partial charge on any atom is 0.255 e. The first-order valence-corrected chi connectivity index (χ1v) is 4.74. The van der Waals surface area contributed by atoms with Gasteiger partial charge in [0.15, 0.2) is 0 Å². The van der Waals surface area contributed by atoms with E-state index in [4.69, 9.17) is 6.42 Å². The number of amides is 1. The van der Waals surface area contributed by atoms with Crippen LogP contribution in [0.2, 0.25) is 0 Å². The molecule has 0 bridgehead atoms. The largest absolute Gasteiger partial charge is 0.331 e. The van der Waals surface area contributed by atoms with Crippen molar-refractivity contribution in [3.05, 3.63) is 28.5 Å². The van der Waals surface area contributed by atoms with Crippen LogP contribution in [0.4, 0.5) is 0 Å². The Morgan fingerprint density at radius 2 is 2.50 bits per heavy atom. The molecule has 0 fully saturated rings. The number of nitrogens with zero attached hydrogens (tertiary/aromatic N) is 2. The van der Waals surface area contributed by atoms with Crippen molar-refractivity contribution >= 4 is 21.8 Å². The van der Waals surface area contributed by atoms with Gasteiger partial charge >= 0.3 is 0 Å². The molecule has 0 N–H and O–H groups in total. The van der Waals surface area contributed by atoms with Crippen LogP contribution in [-0.4, -0.2) is 29.4 Å². The van der Waals surface area contributed by atoms with Gasteiger partial charge in [-0.25, -0.2) is 0 Å². The molecular formula is C10H9BrN2O. The van der Waals surface area contributed by atoms with E-state index in [-0.39, 0.29) is 5.91 Å². The van der Waals surface area contributed by atoms with Gasteiger partial charge in [-0.3, -0.25) is 9.78 Å². The second-order valence-electron chi connectivity index (χ2n) is 2.72. The Morgan fingerprint density at radius 1 is 1.79 bits per heavy atom. The minimum Gasteiger partial charge on any atom is -0.331 e. The van der Waals surface area contributed by atoms with Crippen LogP contribution in [0, 0.1) is 12.3 Å². The molecule has 14 heavy (non-hydrogen) atoms. The summed E-state index contributed by atoms with van der Waals surface area (Å²) in [7, 11) is 1.66. The highest BCUT2D eigenvalue weighted by molar-refractivity contribution is 9.10. The predicted octanol–water partition coefficient (Wildman–Crippen LogP) is 1.55. The third kappa shape index (κ3) is 2.33. The second-order valence-corrected chi connectivity index (χ2v) is 3.58. The highest BCUT2D eigenvalue weighted by atomic mass is 79.9. The SMILES string of the molecule is C#CCN(C)C(=O)c1ccncc1Br. The normalized spacial score (nSPS) is 9.21. The molecule has 0 saturated carbocycles. The minimum absolute atomic E-state index is 0.114. The summed E-state index contributed by atoms with van der Waals surface area (Å²) < 4.78 is 0.675. The summed E-state index contributed by atoms with van der Waals surface area (Å²) in [6.45, 7) is 0.299. The van der Waals surface area contributed by atoms with Gasteiger partial charge in [0.1, 0.15) is 0 Å². The van der Waals surface area contributed by atoms with Crippen LogP contribution < -0.4 is 0 Å². The lowest BCUT2D eigenvalue weighted by Gasteiger charge is -2.14. The molecule has 4 heteroatoms. The van der Waals surface area contributed by atoms with Gasteiger partial charge in [-0.05, 0) is 22.0 Å². The van der Waals surface area contributed by atoms with Gasteiger partial charge < -0.3 is 4.90 Å². The Kier molecular flexibility index (Phi) is 3.66. The van der Waals surface area contributed by atoms with Crippen molar-refractivity contribution in [1.82, 2.24) is 9.88 Å². The van der Waals surface area contributed by atoms with Crippen molar-refractivity contribution in [2.75, 3.05) is 13.6 Å². The predicted molar refractivity (Wildman–Crippen MR) is 57.7 cm³/mol. The Balaban J connectivity index is 2.91. The van der Waals surface area contributed by atoms with Crippen LogP contribution in [0.25, 0.3) is 0 Å². The number of terminal acetylenes is 1. The molecule has 0 aliphatic heterocycles. The molecule has 0 aliphatic rings. The van der Waals surface area contributed by atoms with Gasteiger partial charge in [-0.15, -0.1) is 6.42 Å². The zero-order chi connectivity index (χ0) is 10.6. The standard InChI is InChI=1S/C10H9BrN2O/c1-3-6-13(2)10(14)8-4-5-12-7-9(8)11/h1,4-5,7H,6H2,2H3. The molecule has 1 heterocycles. The summed E-state index contributed by atoms with van der Waals surface area (Å²) in [4.78, 5) is 17.1. The van der Waals surface area contributed by atoms with Crippen LogP contribution in [-0.2, 0) is 0 Å². The maximum atomic E-state index is 11.7. The highest BCUT2D eigenvalue weighted by Crippen LogP contribution is 2.15. The number of hydrogen-bond donors (Lipinski definition) is 0. The smallest absolute Gasteiger partial charge is 0.255 e. The average molecular weight is 253 g/mol. The van der Waals surface area contributed by atoms with Crippen molar-refractivity contribution in [2.24, 2.45) is 0 Å². The van der Waals surface area contributed by atoms with E-state index in [9.17, 15) is 4.79 Å². The summed E-state index contributed by atoms with van der Waals surface area (Å²) in [5.74, 6) is 2.30. The number of hydrogen-bond acceptors (Lipinski definition) is 2. The summed E-state index contributed by atoms with van der Waals surface area (Å²) in [5.41, 5.74) is 0.567. The average Bonchev–Trinajstić information content (AvgIpc) is 2.18. The molecule has 0 unspecified atom stereocenters. The molecule has 0 radical (unpaired) electrons. The van der Waals surface area contributed by atoms with E-state index in [2.05, 4.69) is 26.8 Å². The molecule has 0 aliphatic carbocycles. The van der Waals surface area contributed by atoms with E-state index in [0.717, 1.165) is 0 Å². The van der Waals surface area contributed by atoms with Crippen molar-refractivity contribution in [3.63, 3.8) is 0 Å². The summed E-state index contributed by atoms with van der Waals surface area (Å²) in [6, 6.07) is 1.65. The number of rotatable bonds is 2. The van der Waals surface area contributed by atoms with Crippen molar-refractivity contribution in [3.8, 4) is 12.3 Å². The number of aromatic nitrogens is 1. The number of pyridine rings is 1. The van der Waals surface area contributed by atoms with Gasteiger partial charge in [0, 0.05) is 23.9 Å². The Labute approximate surface area is 91.3 Å². The number of carbonyl (C=O) groups excluding carboxylic acids is 1. The molecule has 1 rings (SSSR count). The first-order valence-electron chi connectivity index (χ1n) is 3.95. The number of carbonyl (C=O) groups is 1. The lowest BCUT2D eigenvalue weighted by Crippen LogP contribution is -2.27. The van der Waals surface area contributed by atoms with Gasteiger partial charge in [0.05, 0.1) is 12.1 Å². The van der Waals surface area contributed by atoms with Crippen molar-refractivity contribution in [1.29, 1.82) is 0 Å². The van der Waals surface area contributed by atoms with E-state index >= 15 is 0 Å². The summed E-state index contributed by atoms with van der Waals surface area (Å²) in [5, 5.41) is 0. The monoisotopic (exact) mass is 252 g/mol. The van der Waals surface area contributed by atoms with Gasteiger partial charge in [0.25, 0.3) is 5.91 Å². The topological polar surface area (TPSA) is 33.2 Å². The van der Waals surface area contributed by atoms with Crippen LogP contribution >= 0.6 is 15.9 Å². The number of halogens is 1. The lowest BCUT2D eigenvalue weighted by molar-refractivity contribution is 0.0811. The Morgan fingerprint density at radius 3 is 3.07 bits per heavy atom. The van der Waals surface area contributed by atoms with Crippen LogP contribution in [0.3, 0.4) is 0 Å². The maximum absolute atomic E-state index is 11.7. The first kappa shape index (κ1) is 10.7. The molecule has 3 nitrogen and oxygen atoms in total. The molecule has 0 saturated heterocycles. The molecule has 0 aromatic carbocycles. The van der Waals surface area contributed by atoms with Crippen molar-refractivity contribution in [2.45, 2.75) is 0 Å². The fourth-order valence-corrected chi connectivity index (χ4v) is 1.38. The van der Waals surface area contributed by atoms with Crippen LogP contribution in [0.15, 0.2) is 22.9 Å². The second kappa shape index (κ2) is 4.77. The Bertz CT molecular complexity index is 384. The van der Waals surface area contributed by atoms with E-state index in [1.54, 1.807) is 25.5 Å². The van der Waals surface area contributed by atoms with Gasteiger partial charge in [0.2, 0.25) is 0 Å². The zero-order valence-corrected chi connectivity index (χ0v) is 9.28. The highest BCUT2D eigenvalue weighted by Gasteiger charge is 2.13. The third-order valence-corrected chi connectivity index (χ3v) is 2.31. The molecular weight excluding hydrogens is 244 g/mol. The molecule has 1 aromatic heterocycles. The van der Waals surface area contributed by atoms with E-state index in [1.807, 2.05) is 0 Å². The van der Waals surface area contributed by atoms with Crippen LogP contribution in [0.5, 0.6) is 0 Å². The van der Waals surface area contributed by atoms with E-state index in [0.29, 0.717) is 16.6 Å². The fraction of sp³-hybridized carbons (Fsp3) is 0.200. The molecule has 1 aromatic rings. The van der Waals surface area contributed by atoms with Gasteiger partial charge in [-0.1, -0.05) is 5.92 Å². The van der Waals surface area contributed by atoms with E-state index in [1.165, 1.54) is 4.90 Å². The Hall–Kier alpha value is -1.34. The van der Waals surface area contributed by atoms with Gasteiger partial charge in [-0.2, -0.15) is 0 Å². The fourth-order valence-electron chi connectivity index (χ4n) is 0.963. The minimum atomic E-state index is -0.114. The lowest BCUT2D eigenvalue weighted by atomic mass is 10.2. The molecule has 72 valence electrons. The molecule has 1 amide bonds. The van der Waals surface area contributed by atoms with Crippen LogP contribution in [0.1, 0.15) is 10.4 Å².